The molecule has 4 heteroatoms. The van der Waals surface area contributed by atoms with E-state index in [-0.39, 0.29) is 0 Å². The molecule has 1 heterocycles. The zero-order valence-corrected chi connectivity index (χ0v) is 10.9. The first-order chi connectivity index (χ1) is 8.15. The van der Waals surface area contributed by atoms with Crippen LogP contribution in [0, 0.1) is 5.92 Å². The average molecular weight is 253 g/mol. The Morgan fingerprint density at radius 3 is 3.00 bits per heavy atom. The van der Waals surface area contributed by atoms with Gasteiger partial charge in [-0.1, -0.05) is 19.8 Å². The third-order valence-corrected chi connectivity index (χ3v) is 4.45. The number of carbonyl (C=O) groups is 1. The van der Waals surface area contributed by atoms with Gasteiger partial charge in [-0.15, -0.1) is 11.3 Å². The van der Waals surface area contributed by atoms with Gasteiger partial charge >= 0.3 is 5.97 Å². The first-order valence-electron chi connectivity index (χ1n) is 6.20. The predicted octanol–water partition coefficient (Wildman–Crippen LogP) is 3.11. The highest BCUT2D eigenvalue weighted by molar-refractivity contribution is 7.13. The van der Waals surface area contributed by atoms with Gasteiger partial charge in [0.1, 0.15) is 4.88 Å². The first-order valence-corrected chi connectivity index (χ1v) is 7.02. The fraction of sp³-hybridized carbons (Fsp3) is 0.615. The van der Waals surface area contributed by atoms with Crippen LogP contribution in [-0.4, -0.2) is 17.1 Å². The third-order valence-electron chi connectivity index (χ3n) is 3.37. The maximum Gasteiger partial charge on any atom is 0.345 e. The molecule has 2 atom stereocenters. The Hall–Kier alpha value is -0.870. The van der Waals surface area contributed by atoms with Crippen molar-refractivity contribution < 1.29 is 9.90 Å². The molecular formula is C13H19NO2S. The third kappa shape index (κ3) is 3.54. The molecule has 1 fully saturated rings. The maximum atomic E-state index is 10.8. The zero-order valence-electron chi connectivity index (χ0n) is 10.1. The SMILES string of the molecule is CC1CCCC(NCc2ccc(C(=O)O)s2)C1. The van der Waals surface area contributed by atoms with Crippen LogP contribution in [0.2, 0.25) is 0 Å². The summed E-state index contributed by atoms with van der Waals surface area (Å²) >= 11 is 1.37. The van der Waals surface area contributed by atoms with Crippen molar-refractivity contribution in [2.75, 3.05) is 0 Å². The van der Waals surface area contributed by atoms with Gasteiger partial charge in [0.05, 0.1) is 0 Å². The Kier molecular flexibility index (Phi) is 4.18. The number of hydrogen-bond acceptors (Lipinski definition) is 3. The van der Waals surface area contributed by atoms with Gasteiger partial charge in [-0.3, -0.25) is 0 Å². The van der Waals surface area contributed by atoms with E-state index in [2.05, 4.69) is 12.2 Å². The zero-order chi connectivity index (χ0) is 12.3. The van der Waals surface area contributed by atoms with Crippen molar-refractivity contribution in [3.63, 3.8) is 0 Å². The van der Waals surface area contributed by atoms with E-state index in [1.54, 1.807) is 6.07 Å². The van der Waals surface area contributed by atoms with Crippen molar-refractivity contribution in [3.05, 3.63) is 21.9 Å². The van der Waals surface area contributed by atoms with Crippen LogP contribution < -0.4 is 5.32 Å². The minimum atomic E-state index is -0.826. The van der Waals surface area contributed by atoms with Crippen LogP contribution in [0.25, 0.3) is 0 Å². The summed E-state index contributed by atoms with van der Waals surface area (Å²) in [4.78, 5) is 12.3. The van der Waals surface area contributed by atoms with Crippen molar-refractivity contribution >= 4 is 17.3 Å². The lowest BCUT2D eigenvalue weighted by atomic mass is 9.87. The molecule has 1 saturated carbocycles. The lowest BCUT2D eigenvalue weighted by molar-refractivity contribution is 0.0702. The van der Waals surface area contributed by atoms with Crippen LogP contribution in [0.5, 0.6) is 0 Å². The maximum absolute atomic E-state index is 10.8. The molecule has 0 radical (unpaired) electrons. The van der Waals surface area contributed by atoms with Gasteiger partial charge in [-0.05, 0) is 30.9 Å². The molecule has 0 aromatic carbocycles. The lowest BCUT2D eigenvalue weighted by Gasteiger charge is -2.27. The second-order valence-corrected chi connectivity index (χ2v) is 6.09. The molecule has 1 aliphatic rings. The lowest BCUT2D eigenvalue weighted by Crippen LogP contribution is -2.32. The van der Waals surface area contributed by atoms with E-state index in [9.17, 15) is 4.79 Å². The molecule has 17 heavy (non-hydrogen) atoms. The summed E-state index contributed by atoms with van der Waals surface area (Å²) in [6.07, 6.45) is 5.16. The van der Waals surface area contributed by atoms with Gasteiger partial charge in [-0.2, -0.15) is 0 Å². The number of aromatic carboxylic acids is 1. The number of hydrogen-bond donors (Lipinski definition) is 2. The quantitative estimate of drug-likeness (QED) is 0.866. The van der Waals surface area contributed by atoms with Crippen molar-refractivity contribution in [2.24, 2.45) is 5.92 Å². The summed E-state index contributed by atoms with van der Waals surface area (Å²) in [6.45, 7) is 3.11. The van der Waals surface area contributed by atoms with E-state index in [1.165, 1.54) is 37.0 Å². The van der Waals surface area contributed by atoms with E-state index >= 15 is 0 Å². The van der Waals surface area contributed by atoms with E-state index in [0.29, 0.717) is 10.9 Å². The number of carboxylic acids is 1. The first kappa shape index (κ1) is 12.6. The number of thiophene rings is 1. The number of nitrogens with one attached hydrogen (secondary N) is 1. The van der Waals surface area contributed by atoms with Crippen LogP contribution >= 0.6 is 11.3 Å². The fourth-order valence-electron chi connectivity index (χ4n) is 2.45. The van der Waals surface area contributed by atoms with E-state index in [4.69, 9.17) is 5.11 Å². The van der Waals surface area contributed by atoms with Gasteiger partial charge in [-0.25, -0.2) is 4.79 Å². The Morgan fingerprint density at radius 2 is 2.35 bits per heavy atom. The molecule has 2 rings (SSSR count). The highest BCUT2D eigenvalue weighted by atomic mass is 32.1. The van der Waals surface area contributed by atoms with Gasteiger partial charge in [0.25, 0.3) is 0 Å². The molecule has 0 bridgehead atoms. The largest absolute Gasteiger partial charge is 0.477 e. The fourth-order valence-corrected chi connectivity index (χ4v) is 3.25. The molecule has 1 aromatic rings. The Labute approximate surface area is 106 Å². The summed E-state index contributed by atoms with van der Waals surface area (Å²) in [5, 5.41) is 12.4. The summed E-state index contributed by atoms with van der Waals surface area (Å²) in [5.74, 6) is -0.00768. The van der Waals surface area contributed by atoms with Crippen LogP contribution in [0.15, 0.2) is 12.1 Å². The summed E-state index contributed by atoms with van der Waals surface area (Å²) in [5.41, 5.74) is 0. The smallest absolute Gasteiger partial charge is 0.345 e. The van der Waals surface area contributed by atoms with Gasteiger partial charge in [0, 0.05) is 17.5 Å². The van der Waals surface area contributed by atoms with E-state index in [1.807, 2.05) is 6.07 Å². The van der Waals surface area contributed by atoms with Gasteiger partial charge in [0.2, 0.25) is 0 Å². The van der Waals surface area contributed by atoms with Crippen LogP contribution in [0.4, 0.5) is 0 Å². The molecule has 0 saturated heterocycles. The second kappa shape index (κ2) is 5.65. The minimum Gasteiger partial charge on any atom is -0.477 e. The molecule has 2 unspecified atom stereocenters. The molecule has 1 aromatic heterocycles. The normalized spacial score (nSPS) is 24.8. The number of carboxylic acid groups (broad SMARTS) is 1. The number of rotatable bonds is 4. The van der Waals surface area contributed by atoms with Crippen LogP contribution in [0.1, 0.15) is 47.2 Å². The molecule has 94 valence electrons. The summed E-state index contributed by atoms with van der Waals surface area (Å²) in [6, 6.07) is 4.20. The summed E-state index contributed by atoms with van der Waals surface area (Å²) in [7, 11) is 0. The highest BCUT2D eigenvalue weighted by Gasteiger charge is 2.18. The van der Waals surface area contributed by atoms with Crippen LogP contribution in [0.3, 0.4) is 0 Å². The minimum absolute atomic E-state index is 0.429. The molecule has 2 N–H and O–H groups in total. The molecule has 0 aliphatic heterocycles. The van der Waals surface area contributed by atoms with Gasteiger partial charge in [0.15, 0.2) is 0 Å². The average Bonchev–Trinajstić information content (AvgIpc) is 2.75. The topological polar surface area (TPSA) is 49.3 Å². The van der Waals surface area contributed by atoms with Crippen LogP contribution in [-0.2, 0) is 6.54 Å². The molecule has 0 spiro atoms. The Morgan fingerprint density at radius 1 is 1.53 bits per heavy atom. The summed E-state index contributed by atoms with van der Waals surface area (Å²) < 4.78 is 0. The Balaban J connectivity index is 1.82. The van der Waals surface area contributed by atoms with E-state index in [0.717, 1.165) is 17.3 Å². The monoisotopic (exact) mass is 253 g/mol. The van der Waals surface area contributed by atoms with Crippen molar-refractivity contribution in [1.29, 1.82) is 0 Å². The molecular weight excluding hydrogens is 234 g/mol. The van der Waals surface area contributed by atoms with Crippen molar-refractivity contribution in [2.45, 2.75) is 45.2 Å². The van der Waals surface area contributed by atoms with Gasteiger partial charge < -0.3 is 10.4 Å². The van der Waals surface area contributed by atoms with Crippen molar-refractivity contribution in [3.8, 4) is 0 Å². The predicted molar refractivity (Wildman–Crippen MR) is 69.5 cm³/mol. The molecule has 0 amide bonds. The molecule has 3 nitrogen and oxygen atoms in total. The Bertz CT molecular complexity index is 389. The van der Waals surface area contributed by atoms with Crippen molar-refractivity contribution in [1.82, 2.24) is 5.32 Å². The van der Waals surface area contributed by atoms with E-state index < -0.39 is 5.97 Å². The molecule has 1 aliphatic carbocycles. The standard InChI is InChI=1S/C13H19NO2S/c1-9-3-2-4-10(7-9)14-8-11-5-6-12(17-11)13(15)16/h5-6,9-10,14H,2-4,7-8H2,1H3,(H,15,16). The highest BCUT2D eigenvalue weighted by Crippen LogP contribution is 2.24. The second-order valence-electron chi connectivity index (χ2n) is 4.92.